The van der Waals surface area contributed by atoms with E-state index in [9.17, 15) is 24.1 Å². The molecule has 1 fully saturated rings. The van der Waals surface area contributed by atoms with Crippen LogP contribution in [0.25, 0.3) is 6.08 Å². The van der Waals surface area contributed by atoms with Crippen molar-refractivity contribution in [2.45, 2.75) is 13.2 Å². The van der Waals surface area contributed by atoms with Gasteiger partial charge in [-0.15, -0.1) is 0 Å². The second kappa shape index (κ2) is 9.84. The van der Waals surface area contributed by atoms with E-state index in [2.05, 4.69) is 21.2 Å². The number of ether oxygens (including phenoxy) is 1. The fraction of sp³-hybridized carbons (Fsp3) is 0.0833. The Kier molecular flexibility index (Phi) is 6.69. The molecule has 0 unspecified atom stereocenters. The van der Waals surface area contributed by atoms with Crippen molar-refractivity contribution in [2.75, 3.05) is 0 Å². The highest BCUT2D eigenvalue weighted by Crippen LogP contribution is 2.28. The van der Waals surface area contributed by atoms with Gasteiger partial charge in [0, 0.05) is 22.2 Å². The van der Waals surface area contributed by atoms with Crippen LogP contribution in [-0.2, 0) is 17.9 Å². The zero-order valence-corrected chi connectivity index (χ0v) is 19.1. The van der Waals surface area contributed by atoms with Gasteiger partial charge in [-0.1, -0.05) is 28.1 Å². The maximum absolute atomic E-state index is 13.1. The maximum Gasteiger partial charge on any atom is 0.329 e. The van der Waals surface area contributed by atoms with Crippen molar-refractivity contribution in [1.29, 1.82) is 0 Å². The summed E-state index contributed by atoms with van der Waals surface area (Å²) in [7, 11) is 0. The number of carbonyl (C=O) groups excluding carboxylic acids is 2. The number of nitro groups is 1. The minimum absolute atomic E-state index is 0.00424. The number of halogens is 2. The molecular weight excluding hydrogens is 509 g/mol. The average molecular weight is 526 g/mol. The lowest BCUT2D eigenvalue weighted by atomic mass is 10.1. The number of rotatable bonds is 7. The van der Waals surface area contributed by atoms with E-state index in [4.69, 9.17) is 4.74 Å². The van der Waals surface area contributed by atoms with E-state index in [1.165, 1.54) is 42.5 Å². The quantitative estimate of drug-likeness (QED) is 0.198. The Morgan fingerprint density at radius 1 is 1.03 bits per heavy atom. The van der Waals surface area contributed by atoms with Gasteiger partial charge in [0.2, 0.25) is 0 Å². The molecule has 0 aromatic heterocycles. The summed E-state index contributed by atoms with van der Waals surface area (Å²) in [5, 5.41) is 13.4. The zero-order chi connectivity index (χ0) is 24.2. The van der Waals surface area contributed by atoms with E-state index in [0.717, 1.165) is 14.9 Å². The van der Waals surface area contributed by atoms with Gasteiger partial charge in [0.05, 0.1) is 11.5 Å². The lowest BCUT2D eigenvalue weighted by Gasteiger charge is -2.12. The first kappa shape index (κ1) is 23.1. The Labute approximate surface area is 201 Å². The van der Waals surface area contributed by atoms with Crippen molar-refractivity contribution >= 4 is 39.6 Å². The number of nitrogens with zero attached hydrogens (tertiary/aromatic N) is 2. The predicted molar refractivity (Wildman–Crippen MR) is 125 cm³/mol. The molecule has 1 saturated heterocycles. The van der Waals surface area contributed by atoms with Crippen molar-refractivity contribution in [2.24, 2.45) is 0 Å². The zero-order valence-electron chi connectivity index (χ0n) is 17.5. The molecule has 0 aliphatic carbocycles. The summed E-state index contributed by atoms with van der Waals surface area (Å²) in [6.45, 7) is 0.150. The average Bonchev–Trinajstić information content (AvgIpc) is 3.07. The Hall–Kier alpha value is -4.05. The van der Waals surface area contributed by atoms with E-state index >= 15 is 0 Å². The van der Waals surface area contributed by atoms with Crippen LogP contribution < -0.4 is 10.1 Å². The number of benzene rings is 3. The molecule has 172 valence electrons. The van der Waals surface area contributed by atoms with Gasteiger partial charge in [0.15, 0.2) is 0 Å². The summed E-state index contributed by atoms with van der Waals surface area (Å²) in [6, 6.07) is 16.2. The van der Waals surface area contributed by atoms with Gasteiger partial charge < -0.3 is 10.1 Å². The minimum atomic E-state index is -0.580. The molecule has 0 spiro atoms. The Morgan fingerprint density at radius 3 is 2.38 bits per heavy atom. The first-order chi connectivity index (χ1) is 16.3. The van der Waals surface area contributed by atoms with Crippen molar-refractivity contribution in [3.63, 3.8) is 0 Å². The molecule has 10 heteroatoms. The van der Waals surface area contributed by atoms with E-state index in [1.54, 1.807) is 30.3 Å². The van der Waals surface area contributed by atoms with Crippen LogP contribution in [0.1, 0.15) is 16.7 Å². The van der Waals surface area contributed by atoms with Crippen molar-refractivity contribution in [3.8, 4) is 5.75 Å². The molecule has 0 atom stereocenters. The molecular formula is C24H17BrFN3O5. The van der Waals surface area contributed by atoms with Gasteiger partial charge in [-0.2, -0.15) is 0 Å². The topological polar surface area (TPSA) is 102 Å². The van der Waals surface area contributed by atoms with Crippen LogP contribution in [0.3, 0.4) is 0 Å². The van der Waals surface area contributed by atoms with Crippen LogP contribution in [0.2, 0.25) is 0 Å². The largest absolute Gasteiger partial charge is 0.488 e. The molecule has 3 amide bonds. The van der Waals surface area contributed by atoms with Gasteiger partial charge >= 0.3 is 6.03 Å². The third-order valence-corrected chi connectivity index (χ3v) is 5.52. The molecule has 3 aromatic rings. The van der Waals surface area contributed by atoms with Gasteiger partial charge in [-0.05, 0) is 59.7 Å². The number of carbonyl (C=O) groups is 2. The lowest BCUT2D eigenvalue weighted by Crippen LogP contribution is -2.30. The fourth-order valence-corrected chi connectivity index (χ4v) is 3.66. The molecule has 3 aromatic carbocycles. The second-order valence-corrected chi connectivity index (χ2v) is 8.32. The summed E-state index contributed by atoms with van der Waals surface area (Å²) in [5.41, 5.74) is 1.94. The SMILES string of the molecule is O=C1N/C(=C/c2cc(Br)ccc2OCc2ccc([N+](=O)[O-])cc2)C(=O)N1Cc1ccc(F)cc1. The summed E-state index contributed by atoms with van der Waals surface area (Å²) in [6.07, 6.45) is 1.51. The number of nitro benzene ring substituents is 1. The first-order valence-electron chi connectivity index (χ1n) is 10.0. The number of hydrogen-bond donors (Lipinski definition) is 1. The van der Waals surface area contributed by atoms with Crippen molar-refractivity contribution in [3.05, 3.63) is 110 Å². The van der Waals surface area contributed by atoms with Gasteiger partial charge in [-0.25, -0.2) is 9.18 Å². The highest BCUT2D eigenvalue weighted by molar-refractivity contribution is 9.10. The number of non-ortho nitro benzene ring substituents is 1. The summed E-state index contributed by atoms with van der Waals surface area (Å²) < 4.78 is 19.8. The van der Waals surface area contributed by atoms with Crippen molar-refractivity contribution in [1.82, 2.24) is 10.2 Å². The van der Waals surface area contributed by atoms with Gasteiger partial charge in [0.25, 0.3) is 11.6 Å². The van der Waals surface area contributed by atoms with E-state index in [1.807, 2.05) is 0 Å². The molecule has 1 aliphatic rings. The van der Waals surface area contributed by atoms with Crippen LogP contribution in [0.5, 0.6) is 5.75 Å². The van der Waals surface area contributed by atoms with E-state index < -0.39 is 22.7 Å². The molecule has 1 aliphatic heterocycles. The molecule has 1 N–H and O–H groups in total. The van der Waals surface area contributed by atoms with Gasteiger partial charge in [0.1, 0.15) is 23.9 Å². The number of nitrogens with one attached hydrogen (secondary N) is 1. The monoisotopic (exact) mass is 525 g/mol. The molecule has 0 radical (unpaired) electrons. The highest BCUT2D eigenvalue weighted by Gasteiger charge is 2.33. The number of hydrogen-bond acceptors (Lipinski definition) is 5. The summed E-state index contributed by atoms with van der Waals surface area (Å²) in [5.74, 6) is -0.471. The van der Waals surface area contributed by atoms with E-state index in [0.29, 0.717) is 16.9 Å². The molecule has 8 nitrogen and oxygen atoms in total. The van der Waals surface area contributed by atoms with Crippen molar-refractivity contribution < 1.29 is 23.6 Å². The van der Waals surface area contributed by atoms with Gasteiger partial charge in [-0.3, -0.25) is 19.8 Å². The second-order valence-electron chi connectivity index (χ2n) is 7.40. The lowest BCUT2D eigenvalue weighted by molar-refractivity contribution is -0.384. The standard InChI is InChI=1S/C24H17BrFN3O5/c25-18-5-10-22(34-14-16-3-8-20(9-4-16)29(32)33)17(11-18)12-21-23(30)28(24(31)27-21)13-15-1-6-19(26)7-2-15/h1-12H,13-14H2,(H,27,31)/b21-12+. The van der Waals surface area contributed by atoms with Crippen LogP contribution in [0.15, 0.2) is 76.9 Å². The molecule has 0 saturated carbocycles. The van der Waals surface area contributed by atoms with E-state index in [-0.39, 0.29) is 24.5 Å². The Bertz CT molecular complexity index is 1290. The number of urea groups is 1. The highest BCUT2D eigenvalue weighted by atomic mass is 79.9. The molecule has 34 heavy (non-hydrogen) atoms. The number of amides is 3. The van der Waals surface area contributed by atoms with Crippen LogP contribution >= 0.6 is 15.9 Å². The van der Waals surface area contributed by atoms with Crippen LogP contribution in [0.4, 0.5) is 14.9 Å². The number of imide groups is 1. The third kappa shape index (κ3) is 5.29. The normalized spacial score (nSPS) is 14.4. The van der Waals surface area contributed by atoms with Crippen LogP contribution in [0, 0.1) is 15.9 Å². The third-order valence-electron chi connectivity index (χ3n) is 5.03. The minimum Gasteiger partial charge on any atom is -0.488 e. The summed E-state index contributed by atoms with van der Waals surface area (Å²) in [4.78, 5) is 36.6. The van der Waals surface area contributed by atoms with Crippen LogP contribution in [-0.4, -0.2) is 21.8 Å². The predicted octanol–water partition coefficient (Wildman–Crippen LogP) is 5.17. The molecule has 1 heterocycles. The maximum atomic E-state index is 13.1. The fourth-order valence-electron chi connectivity index (χ4n) is 3.28. The Balaban J connectivity index is 1.52. The summed E-state index contributed by atoms with van der Waals surface area (Å²) >= 11 is 3.39. The first-order valence-corrected chi connectivity index (χ1v) is 10.8. The smallest absolute Gasteiger partial charge is 0.329 e. The molecule has 0 bridgehead atoms. The molecule has 4 rings (SSSR count). The Morgan fingerprint density at radius 2 is 1.71 bits per heavy atom.